The largest absolute Gasteiger partial charge is 0.374 e. The number of likely N-dealkylation sites (N-methyl/N-ethyl adjacent to an activating group) is 1. The molecule has 0 spiro atoms. The van der Waals surface area contributed by atoms with Gasteiger partial charge in [-0.15, -0.1) is 0 Å². The predicted molar refractivity (Wildman–Crippen MR) is 124 cm³/mol. The Labute approximate surface area is 186 Å². The summed E-state index contributed by atoms with van der Waals surface area (Å²) in [5, 5.41) is 5.70. The normalized spacial score (nSPS) is 19.6. The van der Waals surface area contributed by atoms with Crippen LogP contribution in [0.2, 0.25) is 0 Å². The predicted octanol–water partition coefficient (Wildman–Crippen LogP) is 2.94. The molecule has 3 aliphatic rings. The van der Waals surface area contributed by atoms with Gasteiger partial charge in [0.1, 0.15) is 0 Å². The number of hydrogen-bond acceptors (Lipinski definition) is 4. The van der Waals surface area contributed by atoms with Crippen molar-refractivity contribution in [3.63, 3.8) is 0 Å². The number of likely N-dealkylation sites (tertiary alicyclic amines) is 1. The van der Waals surface area contributed by atoms with Crippen LogP contribution < -0.4 is 15.5 Å². The summed E-state index contributed by atoms with van der Waals surface area (Å²) in [6, 6.07) is 6.80. The lowest BCUT2D eigenvalue weighted by Gasteiger charge is -2.28. The Morgan fingerprint density at radius 2 is 1.81 bits per heavy atom. The molecule has 31 heavy (non-hydrogen) atoms. The number of benzene rings is 1. The monoisotopic (exact) mass is 424 g/mol. The van der Waals surface area contributed by atoms with Crippen molar-refractivity contribution in [2.24, 2.45) is 0 Å². The summed E-state index contributed by atoms with van der Waals surface area (Å²) in [6.07, 6.45) is 11.3. The van der Waals surface area contributed by atoms with Crippen LogP contribution in [0, 0.1) is 0 Å². The molecular formula is C25H36N4O2. The van der Waals surface area contributed by atoms with Crippen molar-refractivity contribution in [2.75, 3.05) is 44.7 Å². The van der Waals surface area contributed by atoms with Crippen LogP contribution in [0.25, 0.3) is 0 Å². The number of allylic oxidation sites excluding steroid dienone is 1. The Hall–Kier alpha value is -2.34. The van der Waals surface area contributed by atoms with Crippen molar-refractivity contribution in [3.05, 3.63) is 41.0 Å². The number of carbonyl (C=O) groups excluding carboxylic acids is 2. The molecule has 1 aliphatic carbocycles. The van der Waals surface area contributed by atoms with Crippen molar-refractivity contribution >= 4 is 17.5 Å². The second kappa shape index (κ2) is 10.3. The third kappa shape index (κ3) is 5.48. The van der Waals surface area contributed by atoms with E-state index in [-0.39, 0.29) is 6.04 Å². The molecule has 1 aromatic rings. The highest BCUT2D eigenvalue weighted by atomic mass is 16.2. The minimum Gasteiger partial charge on any atom is -0.374 e. The van der Waals surface area contributed by atoms with Crippen molar-refractivity contribution in [2.45, 2.75) is 57.4 Å². The van der Waals surface area contributed by atoms with E-state index < -0.39 is 11.8 Å². The van der Waals surface area contributed by atoms with Gasteiger partial charge in [0.25, 0.3) is 0 Å². The van der Waals surface area contributed by atoms with E-state index in [9.17, 15) is 9.59 Å². The number of amides is 2. The highest BCUT2D eigenvalue weighted by Crippen LogP contribution is 2.32. The Morgan fingerprint density at radius 3 is 2.58 bits per heavy atom. The lowest BCUT2D eigenvalue weighted by atomic mass is 9.97. The number of fused-ring (bicyclic) bond motifs is 1. The Morgan fingerprint density at radius 1 is 1.00 bits per heavy atom. The molecule has 6 heteroatoms. The molecule has 1 saturated heterocycles. The highest BCUT2D eigenvalue weighted by molar-refractivity contribution is 6.35. The van der Waals surface area contributed by atoms with E-state index >= 15 is 0 Å². The van der Waals surface area contributed by atoms with Gasteiger partial charge in [-0.1, -0.05) is 23.8 Å². The molecule has 1 aromatic carbocycles. The second-order valence-electron chi connectivity index (χ2n) is 9.14. The smallest absolute Gasteiger partial charge is 0.309 e. The Bertz CT molecular complexity index is 829. The molecule has 0 aromatic heterocycles. The summed E-state index contributed by atoms with van der Waals surface area (Å²) in [5.41, 5.74) is 5.33. The topological polar surface area (TPSA) is 64.7 Å². The van der Waals surface area contributed by atoms with Crippen molar-refractivity contribution in [1.82, 2.24) is 15.5 Å². The van der Waals surface area contributed by atoms with Crippen LogP contribution in [-0.4, -0.2) is 56.5 Å². The third-order valence-electron chi connectivity index (χ3n) is 6.98. The van der Waals surface area contributed by atoms with Crippen LogP contribution in [0.3, 0.4) is 0 Å². The fourth-order valence-corrected chi connectivity index (χ4v) is 5.12. The van der Waals surface area contributed by atoms with Crippen molar-refractivity contribution in [3.8, 4) is 0 Å². The molecule has 2 aliphatic heterocycles. The van der Waals surface area contributed by atoms with E-state index in [2.05, 4.69) is 51.8 Å². The first kappa shape index (κ1) is 21.9. The highest BCUT2D eigenvalue weighted by Gasteiger charge is 2.26. The Balaban J connectivity index is 1.32. The van der Waals surface area contributed by atoms with Gasteiger partial charge in [-0.2, -0.15) is 0 Å². The molecule has 4 rings (SSSR count). The minimum absolute atomic E-state index is 0.114. The zero-order valence-corrected chi connectivity index (χ0v) is 18.8. The summed E-state index contributed by atoms with van der Waals surface area (Å²) >= 11 is 0. The number of rotatable bonds is 7. The van der Waals surface area contributed by atoms with E-state index in [1.165, 1.54) is 48.1 Å². The lowest BCUT2D eigenvalue weighted by molar-refractivity contribution is -0.139. The van der Waals surface area contributed by atoms with E-state index in [1.807, 2.05) is 0 Å². The standard InChI is InChI=1S/C25H36N4O2/c1-28-16-12-21-17-20(9-10-22(21)28)23(29-14-5-6-15-29)18-27-25(31)24(30)26-13-11-19-7-3-2-4-8-19/h7,9-10,17,23H,2-6,8,11-16,18H2,1H3,(H,26,30)(H,27,31). The SMILES string of the molecule is CN1CCc2cc(C(CNC(=O)C(=O)NCCC3=CCCCC3)N3CCCC3)ccc21. The molecule has 2 heterocycles. The van der Waals surface area contributed by atoms with Crippen LogP contribution >= 0.6 is 0 Å². The zero-order valence-electron chi connectivity index (χ0n) is 18.8. The van der Waals surface area contributed by atoms with Crippen LogP contribution in [0.5, 0.6) is 0 Å². The Kier molecular flexibility index (Phi) is 7.28. The maximum atomic E-state index is 12.4. The first-order valence-electron chi connectivity index (χ1n) is 11.9. The van der Waals surface area contributed by atoms with Crippen molar-refractivity contribution in [1.29, 1.82) is 0 Å². The van der Waals surface area contributed by atoms with Gasteiger partial charge >= 0.3 is 11.8 Å². The van der Waals surface area contributed by atoms with E-state index in [4.69, 9.17) is 0 Å². The molecule has 0 radical (unpaired) electrons. The van der Waals surface area contributed by atoms with E-state index in [1.54, 1.807) is 0 Å². The summed E-state index contributed by atoms with van der Waals surface area (Å²) in [7, 11) is 2.13. The number of carbonyl (C=O) groups is 2. The van der Waals surface area contributed by atoms with Crippen LogP contribution in [-0.2, 0) is 16.0 Å². The summed E-state index contributed by atoms with van der Waals surface area (Å²) < 4.78 is 0. The average Bonchev–Trinajstić information content (AvgIpc) is 3.45. The molecule has 168 valence electrons. The first-order chi connectivity index (χ1) is 15.1. The van der Waals surface area contributed by atoms with E-state index in [0.29, 0.717) is 13.1 Å². The van der Waals surface area contributed by atoms with Crippen molar-refractivity contribution < 1.29 is 9.59 Å². The van der Waals surface area contributed by atoms with Gasteiger partial charge in [0, 0.05) is 32.4 Å². The van der Waals surface area contributed by atoms with Gasteiger partial charge in [0.2, 0.25) is 0 Å². The third-order valence-corrected chi connectivity index (χ3v) is 6.98. The first-order valence-corrected chi connectivity index (χ1v) is 11.9. The number of anilines is 1. The molecule has 6 nitrogen and oxygen atoms in total. The molecule has 2 N–H and O–H groups in total. The quantitative estimate of drug-likeness (QED) is 0.522. The van der Waals surface area contributed by atoms with Crippen LogP contribution in [0.1, 0.15) is 62.1 Å². The minimum atomic E-state index is -0.525. The zero-order chi connectivity index (χ0) is 21.6. The van der Waals surface area contributed by atoms with Crippen LogP contribution in [0.15, 0.2) is 29.8 Å². The van der Waals surface area contributed by atoms with Gasteiger partial charge in [0.05, 0.1) is 6.04 Å². The van der Waals surface area contributed by atoms with Gasteiger partial charge in [0.15, 0.2) is 0 Å². The second-order valence-corrected chi connectivity index (χ2v) is 9.14. The molecule has 1 fully saturated rings. The maximum Gasteiger partial charge on any atom is 0.309 e. The molecule has 0 saturated carbocycles. The maximum absolute atomic E-state index is 12.4. The van der Waals surface area contributed by atoms with Gasteiger partial charge < -0.3 is 15.5 Å². The van der Waals surface area contributed by atoms with Gasteiger partial charge in [-0.3, -0.25) is 14.5 Å². The number of nitrogens with zero attached hydrogens (tertiary/aromatic N) is 2. The van der Waals surface area contributed by atoms with E-state index in [0.717, 1.165) is 45.3 Å². The average molecular weight is 425 g/mol. The van der Waals surface area contributed by atoms with Gasteiger partial charge in [-0.05, 0) is 81.6 Å². The molecule has 0 bridgehead atoms. The number of hydrogen-bond donors (Lipinski definition) is 2. The van der Waals surface area contributed by atoms with Crippen LogP contribution in [0.4, 0.5) is 5.69 Å². The van der Waals surface area contributed by atoms with Gasteiger partial charge in [-0.25, -0.2) is 0 Å². The fourth-order valence-electron chi connectivity index (χ4n) is 5.12. The summed E-state index contributed by atoms with van der Waals surface area (Å²) in [6.45, 7) is 4.14. The molecular weight excluding hydrogens is 388 g/mol. The molecule has 1 unspecified atom stereocenters. The fraction of sp³-hybridized carbons (Fsp3) is 0.600. The lowest BCUT2D eigenvalue weighted by Crippen LogP contribution is -2.44. The summed E-state index contributed by atoms with van der Waals surface area (Å²) in [4.78, 5) is 29.5. The summed E-state index contributed by atoms with van der Waals surface area (Å²) in [5.74, 6) is -1.05. The molecule has 1 atom stereocenters. The number of nitrogens with one attached hydrogen (secondary N) is 2. The molecule has 2 amide bonds.